The molecule has 18 heavy (non-hydrogen) atoms. The molecule has 0 fully saturated rings. The normalized spacial score (nSPS) is 11.7. The standard InChI is InChI=1S/C14H18N2O2/c1-14(2,7-8-17)16-13(18)12-9-10-5-3-4-6-11(10)15-12/h3-6,9,15,17H,7-8H2,1-2H3,(H,16,18). The van der Waals surface area contributed by atoms with Gasteiger partial charge in [0, 0.05) is 23.0 Å². The van der Waals surface area contributed by atoms with E-state index in [1.807, 2.05) is 44.2 Å². The zero-order valence-corrected chi connectivity index (χ0v) is 10.7. The summed E-state index contributed by atoms with van der Waals surface area (Å²) in [6, 6.07) is 9.59. The van der Waals surface area contributed by atoms with E-state index in [1.165, 1.54) is 0 Å². The van der Waals surface area contributed by atoms with Crippen LogP contribution in [-0.4, -0.2) is 28.1 Å². The van der Waals surface area contributed by atoms with Gasteiger partial charge in [-0.3, -0.25) is 4.79 Å². The van der Waals surface area contributed by atoms with Gasteiger partial charge in [-0.25, -0.2) is 0 Å². The molecule has 0 saturated carbocycles. The van der Waals surface area contributed by atoms with Gasteiger partial charge in [0.1, 0.15) is 5.69 Å². The first kappa shape index (κ1) is 12.6. The minimum atomic E-state index is -0.414. The van der Waals surface area contributed by atoms with Gasteiger partial charge in [0.15, 0.2) is 0 Å². The predicted octanol–water partition coefficient (Wildman–Crippen LogP) is 2.06. The number of aromatic nitrogens is 1. The minimum absolute atomic E-state index is 0.0555. The fourth-order valence-electron chi connectivity index (χ4n) is 1.91. The van der Waals surface area contributed by atoms with Gasteiger partial charge in [-0.05, 0) is 32.4 Å². The highest BCUT2D eigenvalue weighted by Gasteiger charge is 2.21. The molecule has 1 aromatic carbocycles. The molecular weight excluding hydrogens is 228 g/mol. The maximum Gasteiger partial charge on any atom is 0.268 e. The van der Waals surface area contributed by atoms with Crippen molar-refractivity contribution < 1.29 is 9.90 Å². The molecule has 2 aromatic rings. The molecule has 4 heteroatoms. The average Bonchev–Trinajstić information content (AvgIpc) is 2.71. The lowest BCUT2D eigenvalue weighted by molar-refractivity contribution is 0.0895. The van der Waals surface area contributed by atoms with Crippen molar-refractivity contribution in [3.05, 3.63) is 36.0 Å². The maximum atomic E-state index is 12.1. The number of hydrogen-bond acceptors (Lipinski definition) is 2. The van der Waals surface area contributed by atoms with Crippen molar-refractivity contribution in [2.24, 2.45) is 0 Å². The van der Waals surface area contributed by atoms with E-state index in [4.69, 9.17) is 5.11 Å². The molecule has 1 amide bonds. The van der Waals surface area contributed by atoms with E-state index in [9.17, 15) is 4.79 Å². The number of carbonyl (C=O) groups excluding carboxylic acids is 1. The van der Waals surface area contributed by atoms with Crippen molar-refractivity contribution in [2.45, 2.75) is 25.8 Å². The molecule has 2 rings (SSSR count). The Kier molecular flexibility index (Phi) is 3.39. The molecule has 0 aliphatic heterocycles. The molecule has 0 saturated heterocycles. The lowest BCUT2D eigenvalue weighted by Gasteiger charge is -2.24. The first-order chi connectivity index (χ1) is 8.52. The number of benzene rings is 1. The molecule has 3 N–H and O–H groups in total. The summed E-state index contributed by atoms with van der Waals surface area (Å²) in [6.45, 7) is 3.84. The number of aliphatic hydroxyl groups excluding tert-OH is 1. The number of nitrogens with one attached hydrogen (secondary N) is 2. The summed E-state index contributed by atoms with van der Waals surface area (Å²) in [5, 5.41) is 12.9. The van der Waals surface area contributed by atoms with Gasteiger partial charge in [0.05, 0.1) is 0 Å². The first-order valence-corrected chi connectivity index (χ1v) is 6.03. The number of H-pyrrole nitrogens is 1. The predicted molar refractivity (Wildman–Crippen MR) is 71.5 cm³/mol. The van der Waals surface area contributed by atoms with Gasteiger partial charge in [0.2, 0.25) is 0 Å². The molecule has 0 unspecified atom stereocenters. The van der Waals surface area contributed by atoms with Crippen molar-refractivity contribution in [3.8, 4) is 0 Å². The molecule has 0 radical (unpaired) electrons. The number of rotatable bonds is 4. The van der Waals surface area contributed by atoms with Crippen LogP contribution in [0.4, 0.5) is 0 Å². The highest BCUT2D eigenvalue weighted by atomic mass is 16.3. The zero-order chi connectivity index (χ0) is 13.2. The molecule has 0 spiro atoms. The van der Waals surface area contributed by atoms with Crippen molar-refractivity contribution in [3.63, 3.8) is 0 Å². The Balaban J connectivity index is 2.18. The Bertz CT molecular complexity index is 525. The Morgan fingerprint density at radius 1 is 1.39 bits per heavy atom. The Hall–Kier alpha value is -1.81. The number of amides is 1. The van der Waals surface area contributed by atoms with Crippen molar-refractivity contribution in [1.29, 1.82) is 0 Å². The van der Waals surface area contributed by atoms with Gasteiger partial charge in [-0.2, -0.15) is 0 Å². The van der Waals surface area contributed by atoms with Crippen LogP contribution in [0.5, 0.6) is 0 Å². The van der Waals surface area contributed by atoms with Gasteiger partial charge in [-0.1, -0.05) is 18.2 Å². The van der Waals surface area contributed by atoms with E-state index >= 15 is 0 Å². The van der Waals surface area contributed by atoms with Crippen LogP contribution in [0.3, 0.4) is 0 Å². The maximum absolute atomic E-state index is 12.1. The van der Waals surface area contributed by atoms with Crippen LogP contribution in [0, 0.1) is 0 Å². The summed E-state index contributed by atoms with van der Waals surface area (Å²) in [5.74, 6) is -0.148. The number of hydrogen-bond donors (Lipinski definition) is 3. The number of fused-ring (bicyclic) bond motifs is 1. The second kappa shape index (κ2) is 4.82. The van der Waals surface area contributed by atoms with Crippen LogP contribution < -0.4 is 5.32 Å². The number of carbonyl (C=O) groups is 1. The lowest BCUT2D eigenvalue weighted by atomic mass is 10.0. The highest BCUT2D eigenvalue weighted by molar-refractivity contribution is 5.98. The minimum Gasteiger partial charge on any atom is -0.396 e. The fourth-order valence-corrected chi connectivity index (χ4v) is 1.91. The SMILES string of the molecule is CC(C)(CCO)NC(=O)c1cc2ccccc2[nH]1. The van der Waals surface area contributed by atoms with Crippen molar-refractivity contribution in [2.75, 3.05) is 6.61 Å². The third kappa shape index (κ3) is 2.71. The highest BCUT2D eigenvalue weighted by Crippen LogP contribution is 2.16. The van der Waals surface area contributed by atoms with Gasteiger partial charge in [-0.15, -0.1) is 0 Å². The van der Waals surface area contributed by atoms with Gasteiger partial charge in [0.25, 0.3) is 5.91 Å². The summed E-state index contributed by atoms with van der Waals surface area (Å²) in [5.41, 5.74) is 1.08. The quantitative estimate of drug-likeness (QED) is 0.773. The van der Waals surface area contributed by atoms with Crippen molar-refractivity contribution in [1.82, 2.24) is 10.3 Å². The molecule has 1 heterocycles. The van der Waals surface area contributed by atoms with E-state index < -0.39 is 5.54 Å². The largest absolute Gasteiger partial charge is 0.396 e. The summed E-state index contributed by atoms with van der Waals surface area (Å²) >= 11 is 0. The van der Waals surface area contributed by atoms with Gasteiger partial charge < -0.3 is 15.4 Å². The van der Waals surface area contributed by atoms with Crippen LogP contribution in [0.1, 0.15) is 30.8 Å². The Labute approximate surface area is 106 Å². The number of aliphatic hydroxyl groups is 1. The number of para-hydroxylation sites is 1. The summed E-state index contributed by atoms with van der Waals surface area (Å²) in [4.78, 5) is 15.2. The molecule has 0 aliphatic rings. The Morgan fingerprint density at radius 3 is 2.78 bits per heavy atom. The Morgan fingerprint density at radius 2 is 2.11 bits per heavy atom. The zero-order valence-electron chi connectivity index (χ0n) is 10.7. The molecule has 96 valence electrons. The van der Waals surface area contributed by atoms with Crippen LogP contribution in [-0.2, 0) is 0 Å². The lowest BCUT2D eigenvalue weighted by Crippen LogP contribution is -2.44. The smallest absolute Gasteiger partial charge is 0.268 e. The van der Waals surface area contributed by atoms with Crippen LogP contribution in [0.2, 0.25) is 0 Å². The third-order valence-corrected chi connectivity index (χ3v) is 2.96. The van der Waals surface area contributed by atoms with Crippen molar-refractivity contribution >= 4 is 16.8 Å². The molecule has 4 nitrogen and oxygen atoms in total. The summed E-state index contributed by atoms with van der Waals surface area (Å²) < 4.78 is 0. The van der Waals surface area contributed by atoms with E-state index in [0.717, 1.165) is 10.9 Å². The van der Waals surface area contributed by atoms with E-state index in [0.29, 0.717) is 12.1 Å². The van der Waals surface area contributed by atoms with E-state index in [1.54, 1.807) is 0 Å². The van der Waals surface area contributed by atoms with E-state index in [-0.39, 0.29) is 12.5 Å². The second-order valence-corrected chi connectivity index (χ2v) is 5.08. The van der Waals surface area contributed by atoms with Crippen LogP contribution >= 0.6 is 0 Å². The topological polar surface area (TPSA) is 65.1 Å². The molecule has 0 atom stereocenters. The summed E-state index contributed by atoms with van der Waals surface area (Å²) in [7, 11) is 0. The monoisotopic (exact) mass is 246 g/mol. The first-order valence-electron chi connectivity index (χ1n) is 6.03. The average molecular weight is 246 g/mol. The summed E-state index contributed by atoms with van der Waals surface area (Å²) in [6.07, 6.45) is 0.527. The van der Waals surface area contributed by atoms with E-state index in [2.05, 4.69) is 10.3 Å². The fraction of sp³-hybridized carbons (Fsp3) is 0.357. The molecule has 1 aromatic heterocycles. The molecule has 0 bridgehead atoms. The third-order valence-electron chi connectivity index (χ3n) is 2.96. The van der Waals surface area contributed by atoms with Crippen LogP contribution in [0.25, 0.3) is 10.9 Å². The second-order valence-electron chi connectivity index (χ2n) is 5.08. The van der Waals surface area contributed by atoms with Crippen LogP contribution in [0.15, 0.2) is 30.3 Å². The number of aromatic amines is 1. The molecular formula is C14H18N2O2. The molecule has 0 aliphatic carbocycles. The van der Waals surface area contributed by atoms with Gasteiger partial charge >= 0.3 is 0 Å².